The Morgan fingerprint density at radius 1 is 1.12 bits per heavy atom. The van der Waals surface area contributed by atoms with E-state index in [0.717, 1.165) is 16.8 Å². The summed E-state index contributed by atoms with van der Waals surface area (Å²) in [4.78, 5) is 32.1. The summed E-state index contributed by atoms with van der Waals surface area (Å²) < 4.78 is 11.1. The highest BCUT2D eigenvalue weighted by molar-refractivity contribution is 5.98. The molecule has 0 saturated heterocycles. The zero-order valence-electron chi connectivity index (χ0n) is 18.8. The first-order valence-electron chi connectivity index (χ1n) is 11.0. The van der Waals surface area contributed by atoms with E-state index >= 15 is 0 Å². The summed E-state index contributed by atoms with van der Waals surface area (Å²) in [5, 5.41) is 2.92. The van der Waals surface area contributed by atoms with Crippen molar-refractivity contribution < 1.29 is 19.1 Å². The molecular weight excluding hydrogens is 418 g/mol. The van der Waals surface area contributed by atoms with Crippen molar-refractivity contribution in [1.82, 2.24) is 15.2 Å². The van der Waals surface area contributed by atoms with E-state index in [4.69, 9.17) is 9.47 Å². The molecule has 1 aliphatic rings. The molecule has 4 rings (SSSR count). The lowest BCUT2D eigenvalue weighted by molar-refractivity contribution is -0.122. The summed E-state index contributed by atoms with van der Waals surface area (Å²) in [6, 6.07) is 18.2. The minimum Gasteiger partial charge on any atom is -0.493 e. The molecule has 1 N–H and O–H groups in total. The standard InChI is InChI=1S/C26H27N3O4/c1-3-33-23-12-11-18(14-24(23)32-2)22(15-25(30)28-16-20-9-6-7-13-27-20)29-17-19-8-4-5-10-21(19)26(29)31/h4-14,22H,3,15-17H2,1-2H3,(H,28,30)/t22-/m0/s1. The first-order valence-corrected chi connectivity index (χ1v) is 11.0. The average Bonchev–Trinajstić information content (AvgIpc) is 3.18. The second-order valence-corrected chi connectivity index (χ2v) is 7.75. The van der Waals surface area contributed by atoms with Crippen LogP contribution in [-0.4, -0.2) is 35.4 Å². The molecule has 33 heavy (non-hydrogen) atoms. The fourth-order valence-electron chi connectivity index (χ4n) is 4.04. The molecule has 2 heterocycles. The van der Waals surface area contributed by atoms with Gasteiger partial charge in [-0.2, -0.15) is 0 Å². The molecular formula is C26H27N3O4. The third-order valence-electron chi connectivity index (χ3n) is 5.67. The SMILES string of the molecule is CCOc1ccc([C@H](CC(=O)NCc2ccccn2)N2Cc3ccccc3C2=O)cc1OC. The lowest BCUT2D eigenvalue weighted by Gasteiger charge is -2.28. The third kappa shape index (κ3) is 4.98. The Hall–Kier alpha value is -3.87. The molecule has 1 aliphatic heterocycles. The lowest BCUT2D eigenvalue weighted by Crippen LogP contribution is -2.34. The number of carbonyl (C=O) groups is 2. The van der Waals surface area contributed by atoms with Crippen LogP contribution < -0.4 is 14.8 Å². The second kappa shape index (κ2) is 10.2. The van der Waals surface area contributed by atoms with Gasteiger partial charge in [0.25, 0.3) is 5.91 Å². The largest absolute Gasteiger partial charge is 0.493 e. The monoisotopic (exact) mass is 445 g/mol. The number of pyridine rings is 1. The molecule has 0 radical (unpaired) electrons. The molecule has 0 aliphatic carbocycles. The lowest BCUT2D eigenvalue weighted by atomic mass is 10.0. The first-order chi connectivity index (χ1) is 16.1. The fourth-order valence-corrected chi connectivity index (χ4v) is 4.04. The van der Waals surface area contributed by atoms with Crippen LogP contribution in [0.2, 0.25) is 0 Å². The van der Waals surface area contributed by atoms with E-state index in [1.165, 1.54) is 0 Å². The Morgan fingerprint density at radius 3 is 2.67 bits per heavy atom. The van der Waals surface area contributed by atoms with Crippen molar-refractivity contribution in [2.75, 3.05) is 13.7 Å². The Balaban J connectivity index is 1.60. The van der Waals surface area contributed by atoms with E-state index < -0.39 is 6.04 Å². The second-order valence-electron chi connectivity index (χ2n) is 7.75. The Morgan fingerprint density at radius 2 is 1.94 bits per heavy atom. The maximum atomic E-state index is 13.2. The van der Waals surface area contributed by atoms with Crippen molar-refractivity contribution >= 4 is 11.8 Å². The Kier molecular flexibility index (Phi) is 6.88. The van der Waals surface area contributed by atoms with E-state index in [2.05, 4.69) is 10.3 Å². The van der Waals surface area contributed by atoms with Gasteiger partial charge in [0.05, 0.1) is 38.4 Å². The molecule has 7 heteroatoms. The molecule has 2 aromatic carbocycles. The van der Waals surface area contributed by atoms with Gasteiger partial charge in [-0.25, -0.2) is 0 Å². The Bertz CT molecular complexity index is 1130. The predicted octanol–water partition coefficient (Wildman–Crippen LogP) is 3.89. The van der Waals surface area contributed by atoms with Crippen LogP contribution in [0, 0.1) is 0 Å². The van der Waals surface area contributed by atoms with Gasteiger partial charge in [0.1, 0.15) is 0 Å². The van der Waals surface area contributed by atoms with Gasteiger partial charge in [0, 0.05) is 18.3 Å². The van der Waals surface area contributed by atoms with Gasteiger partial charge >= 0.3 is 0 Å². The average molecular weight is 446 g/mol. The topological polar surface area (TPSA) is 80.8 Å². The van der Waals surface area contributed by atoms with E-state index in [0.29, 0.717) is 36.8 Å². The highest BCUT2D eigenvalue weighted by Crippen LogP contribution is 2.37. The van der Waals surface area contributed by atoms with Gasteiger partial charge in [-0.15, -0.1) is 0 Å². The molecule has 0 fully saturated rings. The number of aromatic nitrogens is 1. The van der Waals surface area contributed by atoms with Crippen LogP contribution in [0.15, 0.2) is 66.9 Å². The molecule has 0 spiro atoms. The normalized spacial score (nSPS) is 13.4. The molecule has 7 nitrogen and oxygen atoms in total. The van der Waals surface area contributed by atoms with E-state index in [-0.39, 0.29) is 18.2 Å². The van der Waals surface area contributed by atoms with Crippen molar-refractivity contribution in [2.24, 2.45) is 0 Å². The van der Waals surface area contributed by atoms with Gasteiger partial charge in [0.15, 0.2) is 11.5 Å². The van der Waals surface area contributed by atoms with Gasteiger partial charge in [0.2, 0.25) is 5.91 Å². The molecule has 2 amide bonds. The zero-order chi connectivity index (χ0) is 23.2. The van der Waals surface area contributed by atoms with Crippen LogP contribution in [0.1, 0.15) is 46.6 Å². The summed E-state index contributed by atoms with van der Waals surface area (Å²) in [5.74, 6) is 0.943. The van der Waals surface area contributed by atoms with Gasteiger partial charge < -0.3 is 19.7 Å². The van der Waals surface area contributed by atoms with Crippen LogP contribution in [0.4, 0.5) is 0 Å². The summed E-state index contributed by atoms with van der Waals surface area (Å²) in [6.07, 6.45) is 1.81. The fraction of sp³-hybridized carbons (Fsp3) is 0.269. The maximum absolute atomic E-state index is 13.2. The van der Waals surface area contributed by atoms with Crippen molar-refractivity contribution in [2.45, 2.75) is 32.5 Å². The highest BCUT2D eigenvalue weighted by Gasteiger charge is 2.34. The number of nitrogens with zero attached hydrogens (tertiary/aromatic N) is 2. The molecule has 0 saturated carbocycles. The number of rotatable bonds is 9. The van der Waals surface area contributed by atoms with Gasteiger partial charge in [-0.3, -0.25) is 14.6 Å². The zero-order valence-corrected chi connectivity index (χ0v) is 18.8. The number of hydrogen-bond donors (Lipinski definition) is 1. The summed E-state index contributed by atoms with van der Waals surface area (Å²) in [5.41, 5.74) is 3.22. The number of nitrogens with one attached hydrogen (secondary N) is 1. The summed E-state index contributed by atoms with van der Waals surface area (Å²) >= 11 is 0. The summed E-state index contributed by atoms with van der Waals surface area (Å²) in [6.45, 7) is 3.19. The first kappa shape index (κ1) is 22.3. The smallest absolute Gasteiger partial charge is 0.255 e. The highest BCUT2D eigenvalue weighted by atomic mass is 16.5. The minimum atomic E-state index is -0.460. The molecule has 0 unspecified atom stereocenters. The number of amides is 2. The van der Waals surface area contributed by atoms with Crippen molar-refractivity contribution in [3.63, 3.8) is 0 Å². The number of hydrogen-bond acceptors (Lipinski definition) is 5. The van der Waals surface area contributed by atoms with Crippen molar-refractivity contribution in [3.05, 3.63) is 89.2 Å². The molecule has 0 bridgehead atoms. The van der Waals surface area contributed by atoms with Crippen LogP contribution in [0.5, 0.6) is 11.5 Å². The van der Waals surface area contributed by atoms with E-state index in [9.17, 15) is 9.59 Å². The van der Waals surface area contributed by atoms with E-state index in [1.54, 1.807) is 18.2 Å². The number of fused-ring (bicyclic) bond motifs is 1. The number of benzene rings is 2. The van der Waals surface area contributed by atoms with Crippen molar-refractivity contribution in [1.29, 1.82) is 0 Å². The van der Waals surface area contributed by atoms with E-state index in [1.807, 2.05) is 67.6 Å². The van der Waals surface area contributed by atoms with Gasteiger partial charge in [-0.05, 0) is 48.4 Å². The van der Waals surface area contributed by atoms with Crippen LogP contribution >= 0.6 is 0 Å². The number of methoxy groups -OCH3 is 1. The molecule has 3 aromatic rings. The van der Waals surface area contributed by atoms with Crippen molar-refractivity contribution in [3.8, 4) is 11.5 Å². The van der Waals surface area contributed by atoms with Crippen LogP contribution in [0.3, 0.4) is 0 Å². The predicted molar refractivity (Wildman–Crippen MR) is 124 cm³/mol. The van der Waals surface area contributed by atoms with Gasteiger partial charge in [-0.1, -0.05) is 30.3 Å². The third-order valence-corrected chi connectivity index (χ3v) is 5.67. The quantitative estimate of drug-likeness (QED) is 0.540. The molecule has 1 aromatic heterocycles. The number of carbonyl (C=O) groups excluding carboxylic acids is 2. The number of ether oxygens (including phenoxy) is 2. The van der Waals surface area contributed by atoms with Crippen LogP contribution in [0.25, 0.3) is 0 Å². The Labute approximate surface area is 193 Å². The molecule has 1 atom stereocenters. The maximum Gasteiger partial charge on any atom is 0.255 e. The minimum absolute atomic E-state index is 0.0824. The molecule has 170 valence electrons. The summed E-state index contributed by atoms with van der Waals surface area (Å²) in [7, 11) is 1.58. The van der Waals surface area contributed by atoms with Crippen LogP contribution in [-0.2, 0) is 17.9 Å².